The van der Waals surface area contributed by atoms with Gasteiger partial charge in [-0.3, -0.25) is 0 Å². The summed E-state index contributed by atoms with van der Waals surface area (Å²) in [7, 11) is 0. The molecule has 0 saturated heterocycles. The zero-order chi connectivity index (χ0) is 27.9. The van der Waals surface area contributed by atoms with Crippen molar-refractivity contribution in [3.63, 3.8) is 0 Å². The number of ether oxygens (including phenoxy) is 4. The second-order valence-corrected chi connectivity index (χ2v) is 8.03. The Balaban J connectivity index is 1.48. The van der Waals surface area contributed by atoms with Crippen LogP contribution in [0.2, 0.25) is 0 Å². The van der Waals surface area contributed by atoms with E-state index in [2.05, 4.69) is 13.2 Å². The van der Waals surface area contributed by atoms with E-state index in [9.17, 15) is 14.0 Å². The van der Waals surface area contributed by atoms with Crippen molar-refractivity contribution in [2.45, 2.75) is 0 Å². The van der Waals surface area contributed by atoms with E-state index in [1.165, 1.54) is 6.07 Å². The molecule has 0 spiro atoms. The van der Waals surface area contributed by atoms with Crippen LogP contribution in [0.1, 0.15) is 22.3 Å². The predicted molar refractivity (Wildman–Crippen MR) is 150 cm³/mol. The molecular formula is C32H29FO6. The lowest BCUT2D eigenvalue weighted by atomic mass is 10.1. The molecule has 3 aromatic rings. The first-order chi connectivity index (χ1) is 19.0. The van der Waals surface area contributed by atoms with Gasteiger partial charge in [-0.1, -0.05) is 73.9 Å². The van der Waals surface area contributed by atoms with Gasteiger partial charge in [0.1, 0.15) is 43.7 Å². The third-order valence-electron chi connectivity index (χ3n) is 5.23. The topological polar surface area (TPSA) is 71.1 Å². The second kappa shape index (κ2) is 15.4. The van der Waals surface area contributed by atoms with Crippen LogP contribution in [-0.4, -0.2) is 38.4 Å². The number of hydrogen-bond donors (Lipinski definition) is 0. The van der Waals surface area contributed by atoms with E-state index in [4.69, 9.17) is 18.9 Å². The number of hydrogen-bond acceptors (Lipinski definition) is 6. The Bertz CT molecular complexity index is 1320. The molecule has 3 rings (SSSR count). The number of rotatable bonds is 14. The molecule has 0 N–H and O–H groups in total. The molecule has 0 amide bonds. The normalized spacial score (nSPS) is 10.8. The summed E-state index contributed by atoms with van der Waals surface area (Å²) < 4.78 is 35.4. The first-order valence-corrected chi connectivity index (χ1v) is 12.2. The Kier molecular flexibility index (Phi) is 11.3. The van der Waals surface area contributed by atoms with Crippen molar-refractivity contribution in [3.05, 3.63) is 120 Å². The van der Waals surface area contributed by atoms with Crippen molar-refractivity contribution >= 4 is 36.2 Å². The van der Waals surface area contributed by atoms with E-state index in [0.717, 1.165) is 28.8 Å². The van der Waals surface area contributed by atoms with E-state index in [0.29, 0.717) is 17.1 Å². The third kappa shape index (κ3) is 10.2. The van der Waals surface area contributed by atoms with Crippen molar-refractivity contribution in [3.8, 4) is 11.5 Å². The summed E-state index contributed by atoms with van der Waals surface area (Å²) in [5, 5.41) is 0. The minimum Gasteiger partial charge on any atom is -0.490 e. The summed E-state index contributed by atoms with van der Waals surface area (Å²) in [6, 6.07) is 19.7. The predicted octanol–water partition coefficient (Wildman–Crippen LogP) is 6.38. The van der Waals surface area contributed by atoms with Crippen LogP contribution in [0.15, 0.2) is 92.0 Å². The number of halogens is 1. The van der Waals surface area contributed by atoms with Crippen LogP contribution in [0.4, 0.5) is 4.39 Å². The molecule has 3 aromatic carbocycles. The highest BCUT2D eigenvalue weighted by Gasteiger charge is 2.01. The Morgan fingerprint density at radius 3 is 1.51 bits per heavy atom. The lowest BCUT2D eigenvalue weighted by Crippen LogP contribution is -2.10. The minimum atomic E-state index is -0.490. The van der Waals surface area contributed by atoms with Crippen LogP contribution in [0.3, 0.4) is 0 Å². The molecule has 0 atom stereocenters. The lowest BCUT2D eigenvalue weighted by Gasteiger charge is -2.06. The van der Waals surface area contributed by atoms with Crippen LogP contribution in [-0.2, 0) is 19.1 Å². The second-order valence-electron chi connectivity index (χ2n) is 8.03. The molecule has 6 nitrogen and oxygen atoms in total. The average Bonchev–Trinajstić information content (AvgIpc) is 2.96. The molecule has 0 fully saturated rings. The maximum atomic E-state index is 14.7. The monoisotopic (exact) mass is 528 g/mol. The maximum Gasteiger partial charge on any atom is 0.330 e. The number of esters is 2. The molecular weight excluding hydrogens is 499 g/mol. The van der Waals surface area contributed by atoms with E-state index in [1.807, 2.05) is 60.7 Å². The summed E-state index contributed by atoms with van der Waals surface area (Å²) in [5.41, 5.74) is 3.01. The highest BCUT2D eigenvalue weighted by molar-refractivity contribution is 5.81. The van der Waals surface area contributed by atoms with Crippen LogP contribution in [0, 0.1) is 5.82 Å². The van der Waals surface area contributed by atoms with E-state index in [1.54, 1.807) is 24.3 Å². The fraction of sp³-hybridized carbons (Fsp3) is 0.125. The standard InChI is InChI=1S/C32H29FO6/c1-3-31(34)38-21-19-36-28-15-9-24(10-16-28)5-6-26-8-14-27(30(33)23-26)13-7-25-11-17-29(18-12-25)37-20-22-39-32(35)4-2/h3-18,23H,1-2,19-22H2. The van der Waals surface area contributed by atoms with Gasteiger partial charge < -0.3 is 18.9 Å². The molecule has 0 aliphatic heterocycles. The molecule has 0 unspecified atom stereocenters. The quantitative estimate of drug-likeness (QED) is 0.105. The molecule has 0 heterocycles. The fourth-order valence-corrected chi connectivity index (χ4v) is 3.23. The van der Waals surface area contributed by atoms with Gasteiger partial charge in [-0.25, -0.2) is 14.0 Å². The van der Waals surface area contributed by atoms with Crippen molar-refractivity contribution in [2.75, 3.05) is 26.4 Å². The van der Waals surface area contributed by atoms with Crippen molar-refractivity contribution in [2.24, 2.45) is 0 Å². The van der Waals surface area contributed by atoms with Crippen LogP contribution < -0.4 is 9.47 Å². The summed E-state index contributed by atoms with van der Waals surface area (Å²) in [6.45, 7) is 7.41. The molecule has 0 saturated carbocycles. The van der Waals surface area contributed by atoms with Gasteiger partial charge in [0.05, 0.1) is 0 Å². The van der Waals surface area contributed by atoms with Gasteiger partial charge in [-0.05, 0) is 47.0 Å². The summed E-state index contributed by atoms with van der Waals surface area (Å²) in [4.78, 5) is 22.0. The molecule has 0 aliphatic carbocycles. The largest absolute Gasteiger partial charge is 0.490 e. The zero-order valence-corrected chi connectivity index (χ0v) is 21.4. The van der Waals surface area contributed by atoms with Crippen LogP contribution in [0.25, 0.3) is 24.3 Å². The van der Waals surface area contributed by atoms with Crippen molar-refractivity contribution in [1.29, 1.82) is 0 Å². The maximum absolute atomic E-state index is 14.7. The van der Waals surface area contributed by atoms with Gasteiger partial charge in [0.15, 0.2) is 0 Å². The summed E-state index contributed by atoms with van der Waals surface area (Å²) in [5.74, 6) is -0.0193. The Morgan fingerprint density at radius 2 is 1.05 bits per heavy atom. The van der Waals surface area contributed by atoms with Crippen LogP contribution >= 0.6 is 0 Å². The van der Waals surface area contributed by atoms with E-state index >= 15 is 0 Å². The molecule has 0 radical (unpaired) electrons. The molecule has 39 heavy (non-hydrogen) atoms. The van der Waals surface area contributed by atoms with E-state index in [-0.39, 0.29) is 32.2 Å². The Labute approximate surface area is 227 Å². The van der Waals surface area contributed by atoms with Gasteiger partial charge in [0.25, 0.3) is 0 Å². The van der Waals surface area contributed by atoms with Gasteiger partial charge in [0.2, 0.25) is 0 Å². The number of benzene rings is 3. The first-order valence-electron chi connectivity index (χ1n) is 12.2. The van der Waals surface area contributed by atoms with Gasteiger partial charge in [-0.2, -0.15) is 0 Å². The summed E-state index contributed by atoms with van der Waals surface area (Å²) in [6.07, 6.45) is 9.45. The SMILES string of the molecule is C=CC(=O)OCCOc1ccc(C=Cc2ccc(C=Cc3ccc(OCCOC(=O)C=C)cc3)c(F)c2)cc1. The minimum absolute atomic E-state index is 0.135. The van der Waals surface area contributed by atoms with Gasteiger partial charge >= 0.3 is 11.9 Å². The molecule has 0 bridgehead atoms. The smallest absolute Gasteiger partial charge is 0.330 e. The lowest BCUT2D eigenvalue weighted by molar-refractivity contribution is -0.139. The third-order valence-corrected chi connectivity index (χ3v) is 5.23. The first kappa shape index (κ1) is 28.7. The summed E-state index contributed by atoms with van der Waals surface area (Å²) >= 11 is 0. The molecule has 0 aliphatic rings. The Morgan fingerprint density at radius 1 is 0.615 bits per heavy atom. The Hall–Kier alpha value is -4.91. The number of carbonyl (C=O) groups excluding carboxylic acids is 2. The number of carbonyl (C=O) groups is 2. The van der Waals surface area contributed by atoms with E-state index < -0.39 is 11.9 Å². The van der Waals surface area contributed by atoms with Crippen LogP contribution in [0.5, 0.6) is 11.5 Å². The van der Waals surface area contributed by atoms with Crippen molar-refractivity contribution < 1.29 is 32.9 Å². The molecule has 0 aromatic heterocycles. The highest BCUT2D eigenvalue weighted by atomic mass is 19.1. The van der Waals surface area contributed by atoms with Gasteiger partial charge in [0, 0.05) is 17.7 Å². The fourth-order valence-electron chi connectivity index (χ4n) is 3.23. The zero-order valence-electron chi connectivity index (χ0n) is 21.4. The van der Waals surface area contributed by atoms with Crippen molar-refractivity contribution in [1.82, 2.24) is 0 Å². The molecule has 200 valence electrons. The van der Waals surface area contributed by atoms with Gasteiger partial charge in [-0.15, -0.1) is 0 Å². The molecule has 7 heteroatoms. The average molecular weight is 529 g/mol. The highest BCUT2D eigenvalue weighted by Crippen LogP contribution is 2.19.